The Hall–Kier alpha value is -4.85. The summed E-state index contributed by atoms with van der Waals surface area (Å²) in [6.45, 7) is 0.224. The van der Waals surface area contributed by atoms with Gasteiger partial charge in [0, 0.05) is 30.6 Å². The molecule has 1 atom stereocenters. The summed E-state index contributed by atoms with van der Waals surface area (Å²) in [6.07, 6.45) is 7.31. The maximum absolute atomic E-state index is 13.5. The molecule has 3 heterocycles. The van der Waals surface area contributed by atoms with Crippen LogP contribution in [0.15, 0.2) is 42.6 Å². The molecule has 0 saturated carbocycles. The number of rotatable bonds is 5. The molecule has 1 saturated heterocycles. The minimum Gasteiger partial charge on any atom is -0.346 e. The molecular formula is C25H19FN6O4. The van der Waals surface area contributed by atoms with E-state index in [4.69, 9.17) is 6.42 Å². The molecule has 0 aliphatic carbocycles. The van der Waals surface area contributed by atoms with Gasteiger partial charge in [0.2, 0.25) is 11.8 Å². The molecular weight excluding hydrogens is 467 g/mol. The molecule has 36 heavy (non-hydrogen) atoms. The summed E-state index contributed by atoms with van der Waals surface area (Å²) in [5.41, 5.74) is 2.69. The van der Waals surface area contributed by atoms with Crippen molar-refractivity contribution in [3.8, 4) is 18.0 Å². The molecule has 5 rings (SSSR count). The van der Waals surface area contributed by atoms with E-state index in [1.165, 1.54) is 34.0 Å². The summed E-state index contributed by atoms with van der Waals surface area (Å²) in [5.74, 6) is 0.358. The van der Waals surface area contributed by atoms with Crippen molar-refractivity contribution < 1.29 is 23.6 Å². The molecule has 1 fully saturated rings. The maximum atomic E-state index is 13.5. The van der Waals surface area contributed by atoms with Gasteiger partial charge in [-0.3, -0.25) is 24.5 Å². The van der Waals surface area contributed by atoms with Crippen LogP contribution in [0, 0.1) is 18.2 Å². The standard InChI is InChI=1S/C25H19FN6O4/c1-2-14-3-4-17(26)9-15(14)11-27-23(34)20-13-32(30-29-20)18-5-6-19-16(10-18)12-31(25(19)36)21-7-8-22(33)28-24(21)35/h1,3-6,9-10,13,21H,7-8,11-12H2,(H,27,34)(H,28,33,35). The summed E-state index contributed by atoms with van der Waals surface area (Å²) in [6, 6.07) is 8.30. The number of amides is 4. The summed E-state index contributed by atoms with van der Waals surface area (Å²) in [7, 11) is 0. The van der Waals surface area contributed by atoms with E-state index >= 15 is 0 Å². The van der Waals surface area contributed by atoms with E-state index in [1.54, 1.807) is 18.2 Å². The molecule has 4 amide bonds. The quantitative estimate of drug-likeness (QED) is 0.411. The van der Waals surface area contributed by atoms with Gasteiger partial charge in [-0.2, -0.15) is 0 Å². The highest BCUT2D eigenvalue weighted by Crippen LogP contribution is 2.29. The Labute approximate surface area is 204 Å². The molecule has 0 spiro atoms. The third kappa shape index (κ3) is 4.20. The first-order chi connectivity index (χ1) is 17.3. The van der Waals surface area contributed by atoms with Crippen molar-refractivity contribution in [1.82, 2.24) is 30.5 Å². The SMILES string of the molecule is C#Cc1ccc(F)cc1CNC(=O)c1cn(-c2ccc3c(c2)CN(C2CCC(=O)NC2=O)C3=O)nn1. The van der Waals surface area contributed by atoms with Crippen molar-refractivity contribution >= 4 is 23.6 Å². The lowest BCUT2D eigenvalue weighted by Crippen LogP contribution is -2.52. The van der Waals surface area contributed by atoms with Gasteiger partial charge in [0.15, 0.2) is 5.69 Å². The van der Waals surface area contributed by atoms with Crippen LogP contribution in [-0.2, 0) is 22.7 Å². The molecule has 2 aliphatic rings. The molecule has 3 aromatic rings. The topological polar surface area (TPSA) is 126 Å². The van der Waals surface area contributed by atoms with E-state index in [0.717, 1.165) is 0 Å². The zero-order valence-corrected chi connectivity index (χ0v) is 18.8. The second-order valence-electron chi connectivity index (χ2n) is 8.42. The fourth-order valence-corrected chi connectivity index (χ4v) is 4.31. The number of hydrogen-bond acceptors (Lipinski definition) is 6. The lowest BCUT2D eigenvalue weighted by atomic mass is 10.0. The fourth-order valence-electron chi connectivity index (χ4n) is 4.31. The Bertz CT molecular complexity index is 1470. The van der Waals surface area contributed by atoms with E-state index in [0.29, 0.717) is 27.9 Å². The number of hydrogen-bond donors (Lipinski definition) is 2. The van der Waals surface area contributed by atoms with E-state index in [1.807, 2.05) is 0 Å². The molecule has 180 valence electrons. The number of benzene rings is 2. The van der Waals surface area contributed by atoms with Gasteiger partial charge in [-0.05, 0) is 53.9 Å². The van der Waals surface area contributed by atoms with Crippen LogP contribution < -0.4 is 10.6 Å². The highest BCUT2D eigenvalue weighted by atomic mass is 19.1. The summed E-state index contributed by atoms with van der Waals surface area (Å²) >= 11 is 0. The van der Waals surface area contributed by atoms with Crippen LogP contribution in [0.25, 0.3) is 5.69 Å². The largest absolute Gasteiger partial charge is 0.346 e. The Kier molecular flexibility index (Phi) is 5.77. The number of halogens is 1. The van der Waals surface area contributed by atoms with Crippen molar-refractivity contribution in [3.05, 3.63) is 76.4 Å². The van der Waals surface area contributed by atoms with Gasteiger partial charge in [-0.25, -0.2) is 9.07 Å². The highest BCUT2D eigenvalue weighted by molar-refractivity contribution is 6.05. The molecule has 10 nitrogen and oxygen atoms in total. The Balaban J connectivity index is 1.29. The average molecular weight is 486 g/mol. The Morgan fingerprint density at radius 3 is 2.83 bits per heavy atom. The zero-order valence-electron chi connectivity index (χ0n) is 18.8. The molecule has 1 aromatic heterocycles. The molecule has 2 N–H and O–H groups in total. The smallest absolute Gasteiger partial charge is 0.273 e. The van der Waals surface area contributed by atoms with Crippen LogP contribution in [0.3, 0.4) is 0 Å². The number of nitrogens with one attached hydrogen (secondary N) is 2. The average Bonchev–Trinajstić information content (AvgIpc) is 3.48. The van der Waals surface area contributed by atoms with Crippen molar-refractivity contribution in [3.63, 3.8) is 0 Å². The lowest BCUT2D eigenvalue weighted by Gasteiger charge is -2.29. The van der Waals surface area contributed by atoms with Crippen LogP contribution in [0.1, 0.15) is 50.4 Å². The number of fused-ring (bicyclic) bond motifs is 1. The predicted octanol–water partition coefficient (Wildman–Crippen LogP) is 1.08. The monoisotopic (exact) mass is 486 g/mol. The van der Waals surface area contributed by atoms with Crippen LogP contribution in [0.2, 0.25) is 0 Å². The Morgan fingerprint density at radius 2 is 2.06 bits per heavy atom. The summed E-state index contributed by atoms with van der Waals surface area (Å²) in [4.78, 5) is 50.5. The first kappa shape index (κ1) is 22.9. The molecule has 1 unspecified atom stereocenters. The normalized spacial score (nSPS) is 16.9. The molecule has 2 aromatic carbocycles. The van der Waals surface area contributed by atoms with E-state index in [2.05, 4.69) is 26.9 Å². The number of carbonyl (C=O) groups is 4. The van der Waals surface area contributed by atoms with Gasteiger partial charge in [0.1, 0.15) is 11.9 Å². The van der Waals surface area contributed by atoms with E-state index < -0.39 is 23.7 Å². The predicted molar refractivity (Wildman–Crippen MR) is 123 cm³/mol. The third-order valence-corrected chi connectivity index (χ3v) is 6.16. The van der Waals surface area contributed by atoms with Gasteiger partial charge in [0.05, 0.1) is 11.9 Å². The minimum absolute atomic E-state index is 0.0140. The van der Waals surface area contributed by atoms with Gasteiger partial charge >= 0.3 is 0 Å². The molecule has 2 aliphatic heterocycles. The van der Waals surface area contributed by atoms with Crippen LogP contribution in [0.4, 0.5) is 4.39 Å². The highest BCUT2D eigenvalue weighted by Gasteiger charge is 2.39. The van der Waals surface area contributed by atoms with Crippen molar-refractivity contribution in [2.45, 2.75) is 32.0 Å². The number of nitrogens with zero attached hydrogens (tertiary/aromatic N) is 4. The number of piperidine rings is 1. The third-order valence-electron chi connectivity index (χ3n) is 6.16. The maximum Gasteiger partial charge on any atom is 0.273 e. The molecule has 11 heteroatoms. The summed E-state index contributed by atoms with van der Waals surface area (Å²) in [5, 5.41) is 12.8. The van der Waals surface area contributed by atoms with Gasteiger partial charge in [-0.15, -0.1) is 11.5 Å². The molecule has 0 bridgehead atoms. The van der Waals surface area contributed by atoms with Crippen LogP contribution in [-0.4, -0.2) is 49.6 Å². The number of imide groups is 1. The van der Waals surface area contributed by atoms with Gasteiger partial charge in [-0.1, -0.05) is 11.1 Å². The first-order valence-electron chi connectivity index (χ1n) is 11.1. The van der Waals surface area contributed by atoms with Crippen molar-refractivity contribution in [2.75, 3.05) is 0 Å². The van der Waals surface area contributed by atoms with Gasteiger partial charge < -0.3 is 10.2 Å². The van der Waals surface area contributed by atoms with Crippen LogP contribution >= 0.6 is 0 Å². The summed E-state index contributed by atoms with van der Waals surface area (Å²) < 4.78 is 14.9. The minimum atomic E-state index is -0.708. The Morgan fingerprint density at radius 1 is 1.22 bits per heavy atom. The fraction of sp³-hybridized carbons (Fsp3) is 0.200. The first-order valence-corrected chi connectivity index (χ1v) is 11.1. The van der Waals surface area contributed by atoms with Crippen molar-refractivity contribution in [1.29, 1.82) is 0 Å². The number of aromatic nitrogens is 3. The van der Waals surface area contributed by atoms with Crippen molar-refractivity contribution in [2.24, 2.45) is 0 Å². The zero-order chi connectivity index (χ0) is 25.4. The number of terminal acetylenes is 1. The van der Waals surface area contributed by atoms with Crippen LogP contribution in [0.5, 0.6) is 0 Å². The van der Waals surface area contributed by atoms with E-state index in [9.17, 15) is 23.6 Å². The second kappa shape index (κ2) is 9.07. The van der Waals surface area contributed by atoms with Gasteiger partial charge in [0.25, 0.3) is 11.8 Å². The van der Waals surface area contributed by atoms with E-state index in [-0.39, 0.29) is 43.4 Å². The lowest BCUT2D eigenvalue weighted by molar-refractivity contribution is -0.136. The molecule has 0 radical (unpaired) electrons. The second-order valence-corrected chi connectivity index (χ2v) is 8.42. The number of carbonyl (C=O) groups excluding carboxylic acids is 4.